The van der Waals surface area contributed by atoms with E-state index in [0.29, 0.717) is 11.7 Å². The minimum Gasteiger partial charge on any atom is -0.358 e. The van der Waals surface area contributed by atoms with Crippen molar-refractivity contribution in [3.05, 3.63) is 70.5 Å². The van der Waals surface area contributed by atoms with E-state index in [1.54, 1.807) is 11.3 Å². The van der Waals surface area contributed by atoms with Crippen molar-refractivity contribution >= 4 is 34.4 Å². The van der Waals surface area contributed by atoms with Gasteiger partial charge in [-0.3, -0.25) is 0 Å². The largest absolute Gasteiger partial charge is 0.358 e. The van der Waals surface area contributed by atoms with Crippen LogP contribution < -0.4 is 10.6 Å². The first kappa shape index (κ1) is 15.6. The number of anilines is 1. The van der Waals surface area contributed by atoms with Gasteiger partial charge in [0.05, 0.1) is 10.7 Å². The zero-order valence-corrected chi connectivity index (χ0v) is 14.4. The molecule has 2 aromatic carbocycles. The van der Waals surface area contributed by atoms with Gasteiger partial charge in [0, 0.05) is 23.2 Å². The molecule has 0 fully saturated rings. The molecule has 0 bridgehead atoms. The Morgan fingerprint density at radius 2 is 1.96 bits per heavy atom. The highest BCUT2D eigenvalue weighted by Crippen LogP contribution is 2.24. The fraction of sp³-hybridized carbons (Fsp3) is 0.111. The van der Waals surface area contributed by atoms with E-state index in [1.165, 1.54) is 5.56 Å². The average Bonchev–Trinajstić information content (AvgIpc) is 3.01. The zero-order valence-electron chi connectivity index (χ0n) is 12.7. The first-order chi connectivity index (χ1) is 11.2. The molecular weight excluding hydrogens is 322 g/mol. The van der Waals surface area contributed by atoms with E-state index in [2.05, 4.69) is 45.3 Å². The number of thiocarbonyl (C=S) groups is 1. The lowest BCUT2D eigenvalue weighted by molar-refractivity contribution is 0.926. The number of benzene rings is 2. The van der Waals surface area contributed by atoms with Crippen molar-refractivity contribution in [3.8, 4) is 11.3 Å². The van der Waals surface area contributed by atoms with Crippen LogP contribution >= 0.6 is 23.6 Å². The zero-order chi connectivity index (χ0) is 16.1. The van der Waals surface area contributed by atoms with Gasteiger partial charge in [-0.05, 0) is 36.8 Å². The van der Waals surface area contributed by atoms with Crippen LogP contribution in [0.15, 0.2) is 60.0 Å². The van der Waals surface area contributed by atoms with Crippen LogP contribution in [0.1, 0.15) is 10.6 Å². The third-order valence-electron chi connectivity index (χ3n) is 3.33. The van der Waals surface area contributed by atoms with Gasteiger partial charge in [0.15, 0.2) is 5.11 Å². The third kappa shape index (κ3) is 4.37. The number of rotatable bonds is 4. The van der Waals surface area contributed by atoms with Crippen LogP contribution in [0, 0.1) is 6.92 Å². The SMILES string of the molecule is Cc1nc(-c2cccc(NC(=S)NCc3ccccc3)c2)cs1. The molecule has 0 unspecified atom stereocenters. The van der Waals surface area contributed by atoms with E-state index in [0.717, 1.165) is 22.0 Å². The highest BCUT2D eigenvalue weighted by atomic mass is 32.1. The van der Waals surface area contributed by atoms with E-state index in [1.807, 2.05) is 37.3 Å². The molecule has 0 aliphatic carbocycles. The summed E-state index contributed by atoms with van der Waals surface area (Å²) >= 11 is 7.02. The minimum atomic E-state index is 0.612. The molecule has 2 N–H and O–H groups in total. The van der Waals surface area contributed by atoms with Crippen molar-refractivity contribution in [1.82, 2.24) is 10.3 Å². The van der Waals surface area contributed by atoms with Crippen molar-refractivity contribution in [2.75, 3.05) is 5.32 Å². The van der Waals surface area contributed by atoms with Gasteiger partial charge in [0.25, 0.3) is 0 Å². The minimum absolute atomic E-state index is 0.612. The topological polar surface area (TPSA) is 37.0 Å². The summed E-state index contributed by atoms with van der Waals surface area (Å²) in [5.74, 6) is 0. The van der Waals surface area contributed by atoms with Gasteiger partial charge < -0.3 is 10.6 Å². The third-order valence-corrected chi connectivity index (χ3v) is 4.35. The Kier molecular flexibility index (Phi) is 5.00. The Morgan fingerprint density at radius 3 is 2.70 bits per heavy atom. The molecule has 3 aromatic rings. The van der Waals surface area contributed by atoms with Crippen LogP contribution in [0.25, 0.3) is 11.3 Å². The fourth-order valence-electron chi connectivity index (χ4n) is 2.21. The summed E-state index contributed by atoms with van der Waals surface area (Å²) in [6.45, 7) is 2.72. The van der Waals surface area contributed by atoms with E-state index in [-0.39, 0.29) is 0 Å². The van der Waals surface area contributed by atoms with Crippen LogP contribution in [0.2, 0.25) is 0 Å². The summed E-state index contributed by atoms with van der Waals surface area (Å²) in [7, 11) is 0. The Balaban J connectivity index is 1.62. The standard InChI is InChI=1S/C18H17N3S2/c1-13-20-17(12-23-13)15-8-5-9-16(10-15)21-18(22)19-11-14-6-3-2-4-7-14/h2-10,12H,11H2,1H3,(H2,19,21,22). The van der Waals surface area contributed by atoms with Crippen LogP contribution in [-0.4, -0.2) is 10.1 Å². The van der Waals surface area contributed by atoms with Crippen molar-refractivity contribution in [2.45, 2.75) is 13.5 Å². The Morgan fingerprint density at radius 1 is 1.13 bits per heavy atom. The van der Waals surface area contributed by atoms with Gasteiger partial charge in [-0.25, -0.2) is 4.98 Å². The highest BCUT2D eigenvalue weighted by molar-refractivity contribution is 7.80. The second-order valence-corrected chi connectivity index (χ2v) is 6.60. The summed E-state index contributed by atoms with van der Waals surface area (Å²) in [6, 6.07) is 18.3. The predicted molar refractivity (Wildman–Crippen MR) is 102 cm³/mol. The fourth-order valence-corrected chi connectivity index (χ4v) is 3.02. The predicted octanol–water partition coefficient (Wildman–Crippen LogP) is 4.61. The lowest BCUT2D eigenvalue weighted by Crippen LogP contribution is -2.27. The molecule has 3 nitrogen and oxygen atoms in total. The summed E-state index contributed by atoms with van der Waals surface area (Å²) in [6.07, 6.45) is 0. The maximum absolute atomic E-state index is 5.36. The Hall–Kier alpha value is -2.24. The van der Waals surface area contributed by atoms with Crippen LogP contribution in [0.3, 0.4) is 0 Å². The van der Waals surface area contributed by atoms with Crippen LogP contribution in [0.4, 0.5) is 5.69 Å². The smallest absolute Gasteiger partial charge is 0.171 e. The summed E-state index contributed by atoms with van der Waals surface area (Å²) in [5.41, 5.74) is 4.24. The van der Waals surface area contributed by atoms with E-state index in [4.69, 9.17) is 12.2 Å². The highest BCUT2D eigenvalue weighted by Gasteiger charge is 2.04. The molecule has 23 heavy (non-hydrogen) atoms. The van der Waals surface area contributed by atoms with Gasteiger partial charge in [0.1, 0.15) is 0 Å². The lowest BCUT2D eigenvalue weighted by atomic mass is 10.1. The molecule has 3 rings (SSSR count). The maximum Gasteiger partial charge on any atom is 0.171 e. The number of nitrogens with one attached hydrogen (secondary N) is 2. The molecule has 1 heterocycles. The molecule has 1 aromatic heterocycles. The van der Waals surface area contributed by atoms with Crippen LogP contribution in [-0.2, 0) is 6.54 Å². The number of hydrogen-bond acceptors (Lipinski definition) is 3. The van der Waals surface area contributed by atoms with E-state index < -0.39 is 0 Å². The molecular formula is C18H17N3S2. The molecule has 0 amide bonds. The number of nitrogens with zero attached hydrogens (tertiary/aromatic N) is 1. The molecule has 0 aliphatic rings. The van der Waals surface area contributed by atoms with E-state index in [9.17, 15) is 0 Å². The maximum atomic E-state index is 5.36. The number of aromatic nitrogens is 1. The molecule has 0 radical (unpaired) electrons. The second kappa shape index (κ2) is 7.35. The number of aryl methyl sites for hydroxylation is 1. The number of thiazole rings is 1. The Bertz CT molecular complexity index is 797. The van der Waals surface area contributed by atoms with Crippen molar-refractivity contribution < 1.29 is 0 Å². The average molecular weight is 339 g/mol. The molecule has 5 heteroatoms. The van der Waals surface area contributed by atoms with E-state index >= 15 is 0 Å². The summed E-state index contributed by atoms with van der Waals surface area (Å²) < 4.78 is 0. The van der Waals surface area contributed by atoms with Gasteiger partial charge in [0.2, 0.25) is 0 Å². The number of hydrogen-bond donors (Lipinski definition) is 2. The lowest BCUT2D eigenvalue weighted by Gasteiger charge is -2.11. The van der Waals surface area contributed by atoms with Crippen molar-refractivity contribution in [2.24, 2.45) is 0 Å². The summed E-state index contributed by atoms with van der Waals surface area (Å²) in [5, 5.41) is 10.2. The monoisotopic (exact) mass is 339 g/mol. The second-order valence-electron chi connectivity index (χ2n) is 5.13. The van der Waals surface area contributed by atoms with Crippen LogP contribution in [0.5, 0.6) is 0 Å². The molecule has 0 spiro atoms. The first-order valence-corrected chi connectivity index (χ1v) is 8.61. The normalized spacial score (nSPS) is 10.3. The van der Waals surface area contributed by atoms with Crippen molar-refractivity contribution in [3.63, 3.8) is 0 Å². The molecule has 116 valence electrons. The molecule has 0 saturated heterocycles. The van der Waals surface area contributed by atoms with Gasteiger partial charge in [-0.1, -0.05) is 42.5 Å². The molecule has 0 atom stereocenters. The van der Waals surface area contributed by atoms with Gasteiger partial charge in [-0.15, -0.1) is 11.3 Å². The summed E-state index contributed by atoms with van der Waals surface area (Å²) in [4.78, 5) is 4.52. The quantitative estimate of drug-likeness (QED) is 0.681. The Labute approximate surface area is 145 Å². The van der Waals surface area contributed by atoms with Crippen molar-refractivity contribution in [1.29, 1.82) is 0 Å². The first-order valence-electron chi connectivity index (χ1n) is 7.32. The molecule has 0 saturated carbocycles. The van der Waals surface area contributed by atoms with Gasteiger partial charge >= 0.3 is 0 Å². The molecule has 0 aliphatic heterocycles. The van der Waals surface area contributed by atoms with Gasteiger partial charge in [-0.2, -0.15) is 0 Å².